The van der Waals surface area contributed by atoms with Crippen LogP contribution in [0.15, 0.2) is 12.3 Å². The highest BCUT2D eigenvalue weighted by Crippen LogP contribution is 2.45. The number of halogens is 3. The molecular weight excluding hydrogens is 423 g/mol. The third-order valence-corrected chi connectivity index (χ3v) is 7.35. The summed E-state index contributed by atoms with van der Waals surface area (Å²) in [5.41, 5.74) is -0.645. The van der Waals surface area contributed by atoms with Crippen LogP contribution in [0.5, 0.6) is 0 Å². The van der Waals surface area contributed by atoms with Crippen LogP contribution in [0.4, 0.5) is 13.2 Å². The zero-order valence-electron chi connectivity index (χ0n) is 18.5. The second-order valence-electron chi connectivity index (χ2n) is 9.38. The minimum Gasteiger partial charge on any atom is -0.392 e. The largest absolute Gasteiger partial charge is 0.417 e. The highest BCUT2D eigenvalue weighted by Gasteiger charge is 2.52. The lowest BCUT2D eigenvalue weighted by Crippen LogP contribution is -2.51. The van der Waals surface area contributed by atoms with Crippen LogP contribution in [0, 0.1) is 5.41 Å². The fourth-order valence-electron chi connectivity index (χ4n) is 5.52. The van der Waals surface area contributed by atoms with Gasteiger partial charge in [-0.3, -0.25) is 9.78 Å². The van der Waals surface area contributed by atoms with Crippen molar-refractivity contribution in [1.29, 1.82) is 0 Å². The Morgan fingerprint density at radius 1 is 1.38 bits per heavy atom. The number of ether oxygens (including phenoxy) is 1. The van der Waals surface area contributed by atoms with E-state index in [0.29, 0.717) is 49.5 Å². The molecule has 9 heteroatoms. The summed E-state index contributed by atoms with van der Waals surface area (Å²) in [5.74, 6) is -0.147. The number of rotatable bonds is 5. The van der Waals surface area contributed by atoms with E-state index in [1.54, 1.807) is 4.90 Å². The van der Waals surface area contributed by atoms with Crippen molar-refractivity contribution < 1.29 is 29.2 Å². The van der Waals surface area contributed by atoms with Crippen molar-refractivity contribution in [2.24, 2.45) is 5.41 Å². The zero-order valence-corrected chi connectivity index (χ0v) is 18.5. The van der Waals surface area contributed by atoms with Gasteiger partial charge in [0.25, 0.3) is 0 Å². The van der Waals surface area contributed by atoms with Gasteiger partial charge in [0.2, 0.25) is 5.91 Å². The van der Waals surface area contributed by atoms with E-state index in [9.17, 15) is 23.1 Å². The molecule has 3 atom stereocenters. The lowest BCUT2D eigenvalue weighted by Gasteiger charge is -2.39. The molecule has 6 nitrogen and oxygen atoms in total. The van der Waals surface area contributed by atoms with Gasteiger partial charge in [0, 0.05) is 58.1 Å². The first-order valence-electron chi connectivity index (χ1n) is 11.6. The van der Waals surface area contributed by atoms with Gasteiger partial charge in [-0.15, -0.1) is 0 Å². The van der Waals surface area contributed by atoms with Gasteiger partial charge in [0.15, 0.2) is 0 Å². The molecule has 1 saturated heterocycles. The van der Waals surface area contributed by atoms with Gasteiger partial charge >= 0.3 is 6.18 Å². The maximum absolute atomic E-state index is 13.7. The molecule has 32 heavy (non-hydrogen) atoms. The number of pyridine rings is 1. The zero-order chi connectivity index (χ0) is 22.9. The highest BCUT2D eigenvalue weighted by atomic mass is 19.4. The Morgan fingerprint density at radius 2 is 2.12 bits per heavy atom. The minimum atomic E-state index is -4.47. The summed E-state index contributed by atoms with van der Waals surface area (Å²) < 4.78 is 44.8. The first kappa shape index (κ1) is 23.4. The summed E-state index contributed by atoms with van der Waals surface area (Å²) >= 11 is 0. The number of carbonyl (C=O) groups is 1. The molecule has 2 N–H and O–H groups in total. The number of fused-ring (bicyclic) bond motifs is 1. The average Bonchev–Trinajstić information content (AvgIpc) is 3.22. The Balaban J connectivity index is 0.00000306. The predicted molar refractivity (Wildman–Crippen MR) is 114 cm³/mol. The summed E-state index contributed by atoms with van der Waals surface area (Å²) in [5, 5.41) is 14.6. The minimum absolute atomic E-state index is 0. The maximum atomic E-state index is 13.7. The SMILES string of the molecule is CCC(O)C1(C(=O)N2CCc3ncc(C(F)(F)F)cc3C2)CC[C@@H](NC2CCOCC2)C1.[HH]. The Bertz CT molecular complexity index is 835. The number of hydrogen-bond donors (Lipinski definition) is 2. The van der Waals surface area contributed by atoms with Crippen molar-refractivity contribution in [3.63, 3.8) is 0 Å². The number of aliphatic hydroxyl groups is 1. The van der Waals surface area contributed by atoms with Crippen LogP contribution in [0.25, 0.3) is 0 Å². The van der Waals surface area contributed by atoms with E-state index < -0.39 is 23.3 Å². The molecule has 0 radical (unpaired) electrons. The number of amides is 1. The number of nitrogens with zero attached hydrogens (tertiary/aromatic N) is 2. The third-order valence-electron chi connectivity index (χ3n) is 7.35. The summed E-state index contributed by atoms with van der Waals surface area (Å²) in [4.78, 5) is 19.3. The molecule has 1 aliphatic carbocycles. The van der Waals surface area contributed by atoms with Crippen molar-refractivity contribution in [1.82, 2.24) is 15.2 Å². The molecule has 2 fully saturated rings. The average molecular weight is 458 g/mol. The van der Waals surface area contributed by atoms with E-state index in [4.69, 9.17) is 4.74 Å². The molecule has 2 aliphatic heterocycles. The smallest absolute Gasteiger partial charge is 0.392 e. The molecule has 1 amide bonds. The van der Waals surface area contributed by atoms with Gasteiger partial charge in [-0.05, 0) is 50.2 Å². The van der Waals surface area contributed by atoms with Gasteiger partial charge in [0.05, 0.1) is 17.1 Å². The molecule has 3 heterocycles. The molecule has 2 unspecified atom stereocenters. The van der Waals surface area contributed by atoms with Crippen LogP contribution in [0.1, 0.15) is 63.7 Å². The second-order valence-corrected chi connectivity index (χ2v) is 9.38. The van der Waals surface area contributed by atoms with Gasteiger partial charge in [-0.2, -0.15) is 13.2 Å². The van der Waals surface area contributed by atoms with Gasteiger partial charge in [0.1, 0.15) is 0 Å². The summed E-state index contributed by atoms with van der Waals surface area (Å²) in [6.45, 7) is 3.83. The number of nitrogens with one attached hydrogen (secondary N) is 1. The van der Waals surface area contributed by atoms with Crippen LogP contribution in [-0.2, 0) is 28.7 Å². The molecule has 1 saturated carbocycles. The molecule has 0 bridgehead atoms. The van der Waals surface area contributed by atoms with E-state index in [0.717, 1.165) is 44.7 Å². The van der Waals surface area contributed by atoms with Crippen LogP contribution >= 0.6 is 0 Å². The third kappa shape index (κ3) is 4.65. The normalized spacial score (nSPS) is 27.9. The second kappa shape index (κ2) is 9.27. The highest BCUT2D eigenvalue weighted by molar-refractivity contribution is 5.84. The fraction of sp³-hybridized carbons (Fsp3) is 0.739. The Labute approximate surface area is 188 Å². The van der Waals surface area contributed by atoms with Gasteiger partial charge < -0.3 is 20.1 Å². The number of hydrogen-bond acceptors (Lipinski definition) is 5. The number of aliphatic hydroxyl groups excluding tert-OH is 1. The van der Waals surface area contributed by atoms with Crippen molar-refractivity contribution in [3.05, 3.63) is 29.1 Å². The van der Waals surface area contributed by atoms with Crippen molar-refractivity contribution in [3.8, 4) is 0 Å². The van der Waals surface area contributed by atoms with Crippen LogP contribution in [0.2, 0.25) is 0 Å². The Kier molecular flexibility index (Phi) is 6.79. The summed E-state index contributed by atoms with van der Waals surface area (Å²) in [7, 11) is 0. The lowest BCUT2D eigenvalue weighted by molar-refractivity contribution is -0.150. The van der Waals surface area contributed by atoms with E-state index in [-0.39, 0.29) is 19.9 Å². The maximum Gasteiger partial charge on any atom is 0.417 e. The standard InChI is InChI=1S/C23H32F3N3O3.H2/c1-2-20(30)22(7-3-18(12-22)28-17-5-9-32-10-6-17)21(31)29-8-4-19-15(14-29)11-16(13-27-19)23(24,25)26;/h11,13,17-18,20,28,30H,2-10,12,14H2,1H3;1H/t18-,20?,22?;/m1./s1. The molecular formula is C23H34F3N3O3. The molecule has 3 aliphatic rings. The fourth-order valence-corrected chi connectivity index (χ4v) is 5.52. The van der Waals surface area contributed by atoms with Crippen LogP contribution in [-0.4, -0.2) is 58.8 Å². The van der Waals surface area contributed by atoms with Crippen molar-refractivity contribution >= 4 is 5.91 Å². The lowest BCUT2D eigenvalue weighted by atomic mass is 9.77. The van der Waals surface area contributed by atoms with Crippen LogP contribution in [0.3, 0.4) is 0 Å². The van der Waals surface area contributed by atoms with E-state index in [1.165, 1.54) is 0 Å². The predicted octanol–water partition coefficient (Wildman–Crippen LogP) is 3.31. The first-order chi connectivity index (χ1) is 15.2. The number of alkyl halides is 3. The number of carbonyl (C=O) groups excluding carboxylic acids is 1. The topological polar surface area (TPSA) is 74.7 Å². The van der Waals surface area contributed by atoms with E-state index in [2.05, 4.69) is 10.3 Å². The number of aromatic nitrogens is 1. The molecule has 0 aromatic carbocycles. The van der Waals surface area contributed by atoms with E-state index >= 15 is 0 Å². The Morgan fingerprint density at radius 3 is 2.81 bits per heavy atom. The first-order valence-corrected chi connectivity index (χ1v) is 11.6. The van der Waals surface area contributed by atoms with Crippen molar-refractivity contribution in [2.75, 3.05) is 19.8 Å². The van der Waals surface area contributed by atoms with Crippen molar-refractivity contribution in [2.45, 2.75) is 82.8 Å². The van der Waals surface area contributed by atoms with Gasteiger partial charge in [-0.1, -0.05) is 6.92 Å². The molecule has 1 aromatic heterocycles. The molecule has 4 rings (SSSR count). The summed E-state index contributed by atoms with van der Waals surface area (Å²) in [6.07, 6.45) is 0.276. The summed E-state index contributed by atoms with van der Waals surface area (Å²) in [6, 6.07) is 1.60. The molecule has 1 aromatic rings. The quantitative estimate of drug-likeness (QED) is 0.710. The van der Waals surface area contributed by atoms with Gasteiger partial charge in [-0.25, -0.2) is 0 Å². The molecule has 180 valence electrons. The van der Waals surface area contributed by atoms with E-state index in [1.807, 2.05) is 6.92 Å². The monoisotopic (exact) mass is 457 g/mol. The van der Waals surface area contributed by atoms with Crippen LogP contribution < -0.4 is 5.32 Å². The Hall–Kier alpha value is -1.71. The molecule has 0 spiro atoms.